The quantitative estimate of drug-likeness (QED) is 0.606. The summed E-state index contributed by atoms with van der Waals surface area (Å²) in [5.74, 6) is 3.43. The molecule has 1 rings (SSSR count). The molecule has 2 nitrogen and oxygen atoms in total. The SMILES string of the molecule is CC(C)CC(CN)CCNCC1CC1C. The van der Waals surface area contributed by atoms with Crippen LogP contribution in [0.5, 0.6) is 0 Å². The van der Waals surface area contributed by atoms with Crippen molar-refractivity contribution in [1.29, 1.82) is 0 Å². The van der Waals surface area contributed by atoms with E-state index in [1.54, 1.807) is 0 Å². The van der Waals surface area contributed by atoms with Crippen molar-refractivity contribution in [2.45, 2.75) is 40.0 Å². The highest BCUT2D eigenvalue weighted by Gasteiger charge is 2.31. The molecule has 0 aromatic carbocycles. The lowest BCUT2D eigenvalue weighted by molar-refractivity contribution is 0.384. The van der Waals surface area contributed by atoms with Crippen molar-refractivity contribution >= 4 is 0 Å². The van der Waals surface area contributed by atoms with E-state index in [0.717, 1.165) is 30.8 Å². The van der Waals surface area contributed by atoms with Gasteiger partial charge < -0.3 is 11.1 Å². The van der Waals surface area contributed by atoms with Crippen LogP contribution in [0.1, 0.15) is 40.0 Å². The summed E-state index contributed by atoms with van der Waals surface area (Å²) in [4.78, 5) is 0. The molecule has 15 heavy (non-hydrogen) atoms. The summed E-state index contributed by atoms with van der Waals surface area (Å²) < 4.78 is 0. The molecule has 90 valence electrons. The Labute approximate surface area is 95.0 Å². The van der Waals surface area contributed by atoms with E-state index >= 15 is 0 Å². The summed E-state index contributed by atoms with van der Waals surface area (Å²) in [6, 6.07) is 0. The van der Waals surface area contributed by atoms with E-state index in [9.17, 15) is 0 Å². The van der Waals surface area contributed by atoms with E-state index in [-0.39, 0.29) is 0 Å². The van der Waals surface area contributed by atoms with Crippen molar-refractivity contribution in [1.82, 2.24) is 5.32 Å². The van der Waals surface area contributed by atoms with Gasteiger partial charge in [0.2, 0.25) is 0 Å². The van der Waals surface area contributed by atoms with E-state index in [1.165, 1.54) is 25.8 Å². The molecule has 0 spiro atoms. The lowest BCUT2D eigenvalue weighted by atomic mass is 9.94. The van der Waals surface area contributed by atoms with Gasteiger partial charge in [-0.05, 0) is 62.6 Å². The van der Waals surface area contributed by atoms with E-state index in [0.29, 0.717) is 5.92 Å². The summed E-state index contributed by atoms with van der Waals surface area (Å²) >= 11 is 0. The molecular weight excluding hydrogens is 184 g/mol. The molecule has 1 aliphatic rings. The van der Waals surface area contributed by atoms with Crippen LogP contribution in [0.15, 0.2) is 0 Å². The van der Waals surface area contributed by atoms with Crippen LogP contribution < -0.4 is 11.1 Å². The summed E-state index contributed by atoms with van der Waals surface area (Å²) in [7, 11) is 0. The summed E-state index contributed by atoms with van der Waals surface area (Å²) in [5, 5.41) is 3.56. The Morgan fingerprint density at radius 3 is 2.53 bits per heavy atom. The minimum absolute atomic E-state index is 0.717. The first kappa shape index (κ1) is 13.0. The largest absolute Gasteiger partial charge is 0.330 e. The second kappa shape index (κ2) is 6.49. The third-order valence-electron chi connectivity index (χ3n) is 3.55. The van der Waals surface area contributed by atoms with Crippen molar-refractivity contribution in [3.8, 4) is 0 Å². The highest BCUT2D eigenvalue weighted by atomic mass is 14.9. The first-order valence-electron chi connectivity index (χ1n) is 6.54. The average molecular weight is 212 g/mol. The van der Waals surface area contributed by atoms with Crippen LogP contribution in [0.4, 0.5) is 0 Å². The Bertz CT molecular complexity index is 168. The van der Waals surface area contributed by atoms with Gasteiger partial charge in [0.25, 0.3) is 0 Å². The van der Waals surface area contributed by atoms with Gasteiger partial charge in [0.05, 0.1) is 0 Å². The van der Waals surface area contributed by atoms with Crippen LogP contribution in [0.2, 0.25) is 0 Å². The Balaban J connectivity index is 1.96. The Kier molecular flexibility index (Phi) is 5.62. The zero-order chi connectivity index (χ0) is 11.3. The van der Waals surface area contributed by atoms with Crippen LogP contribution in [0.3, 0.4) is 0 Å². The van der Waals surface area contributed by atoms with Crippen molar-refractivity contribution < 1.29 is 0 Å². The third-order valence-corrected chi connectivity index (χ3v) is 3.55. The first-order chi connectivity index (χ1) is 7.13. The lowest BCUT2D eigenvalue weighted by Crippen LogP contribution is -2.25. The molecule has 1 fully saturated rings. The Morgan fingerprint density at radius 1 is 1.40 bits per heavy atom. The second-order valence-electron chi connectivity index (χ2n) is 5.70. The fourth-order valence-electron chi connectivity index (χ4n) is 2.28. The molecule has 0 aromatic heterocycles. The predicted octanol–water partition coefficient (Wildman–Crippen LogP) is 2.24. The molecule has 3 unspecified atom stereocenters. The van der Waals surface area contributed by atoms with Crippen molar-refractivity contribution in [3.63, 3.8) is 0 Å². The van der Waals surface area contributed by atoms with E-state index < -0.39 is 0 Å². The molecule has 1 saturated carbocycles. The predicted molar refractivity (Wildman–Crippen MR) is 66.8 cm³/mol. The van der Waals surface area contributed by atoms with Gasteiger partial charge in [-0.2, -0.15) is 0 Å². The number of rotatable bonds is 8. The number of nitrogens with one attached hydrogen (secondary N) is 1. The van der Waals surface area contributed by atoms with Gasteiger partial charge in [-0.25, -0.2) is 0 Å². The van der Waals surface area contributed by atoms with Crippen molar-refractivity contribution in [2.75, 3.05) is 19.6 Å². The minimum Gasteiger partial charge on any atom is -0.330 e. The third kappa shape index (κ3) is 5.53. The molecule has 0 aromatic rings. The molecule has 0 saturated heterocycles. The maximum Gasteiger partial charge on any atom is -0.00179 e. The van der Waals surface area contributed by atoms with Crippen LogP contribution in [-0.4, -0.2) is 19.6 Å². The maximum atomic E-state index is 5.77. The molecule has 0 bridgehead atoms. The van der Waals surface area contributed by atoms with Gasteiger partial charge in [-0.15, -0.1) is 0 Å². The molecule has 2 heteroatoms. The van der Waals surface area contributed by atoms with Crippen LogP contribution in [-0.2, 0) is 0 Å². The lowest BCUT2D eigenvalue weighted by Gasteiger charge is -2.17. The van der Waals surface area contributed by atoms with Crippen molar-refractivity contribution in [3.05, 3.63) is 0 Å². The summed E-state index contributed by atoms with van der Waals surface area (Å²) in [6.07, 6.45) is 3.95. The Hall–Kier alpha value is -0.0800. The highest BCUT2D eigenvalue weighted by molar-refractivity contribution is 4.83. The molecule has 0 radical (unpaired) electrons. The summed E-state index contributed by atoms with van der Waals surface area (Å²) in [5.41, 5.74) is 5.77. The first-order valence-corrected chi connectivity index (χ1v) is 6.54. The van der Waals surface area contributed by atoms with Crippen LogP contribution in [0.25, 0.3) is 0 Å². The Morgan fingerprint density at radius 2 is 2.07 bits per heavy atom. The average Bonchev–Trinajstić information content (AvgIpc) is 2.87. The van der Waals surface area contributed by atoms with Gasteiger partial charge in [-0.1, -0.05) is 20.8 Å². The van der Waals surface area contributed by atoms with E-state index in [2.05, 4.69) is 26.1 Å². The fraction of sp³-hybridized carbons (Fsp3) is 1.00. The minimum atomic E-state index is 0.717. The number of nitrogens with two attached hydrogens (primary N) is 1. The maximum absolute atomic E-state index is 5.77. The standard InChI is InChI=1S/C13H28N2/c1-10(2)6-12(8-14)4-5-15-9-13-7-11(13)3/h10-13,15H,4-9,14H2,1-3H3. The topological polar surface area (TPSA) is 38.0 Å². The molecule has 1 aliphatic carbocycles. The molecule has 0 aliphatic heterocycles. The summed E-state index contributed by atoms with van der Waals surface area (Å²) in [6.45, 7) is 10.1. The normalized spacial score (nSPS) is 27.0. The van der Waals surface area contributed by atoms with Crippen LogP contribution in [0, 0.1) is 23.7 Å². The van der Waals surface area contributed by atoms with Gasteiger partial charge in [-0.3, -0.25) is 0 Å². The van der Waals surface area contributed by atoms with Gasteiger partial charge in [0, 0.05) is 0 Å². The van der Waals surface area contributed by atoms with Gasteiger partial charge in [0.15, 0.2) is 0 Å². The van der Waals surface area contributed by atoms with Gasteiger partial charge >= 0.3 is 0 Å². The zero-order valence-corrected chi connectivity index (χ0v) is 10.6. The second-order valence-corrected chi connectivity index (χ2v) is 5.70. The van der Waals surface area contributed by atoms with E-state index in [1.807, 2.05) is 0 Å². The number of hydrogen-bond acceptors (Lipinski definition) is 2. The molecule has 3 atom stereocenters. The number of hydrogen-bond donors (Lipinski definition) is 2. The zero-order valence-electron chi connectivity index (χ0n) is 10.6. The molecule has 3 N–H and O–H groups in total. The fourth-order valence-corrected chi connectivity index (χ4v) is 2.28. The molecule has 0 heterocycles. The van der Waals surface area contributed by atoms with Gasteiger partial charge in [0.1, 0.15) is 0 Å². The highest BCUT2D eigenvalue weighted by Crippen LogP contribution is 2.36. The van der Waals surface area contributed by atoms with Crippen molar-refractivity contribution in [2.24, 2.45) is 29.4 Å². The molecular formula is C13H28N2. The van der Waals surface area contributed by atoms with E-state index in [4.69, 9.17) is 5.73 Å². The monoisotopic (exact) mass is 212 g/mol. The van der Waals surface area contributed by atoms with Crippen LogP contribution >= 0.6 is 0 Å². The molecule has 0 amide bonds. The smallest absolute Gasteiger partial charge is 0.00179 e.